The Labute approximate surface area is 85.0 Å². The lowest BCUT2D eigenvalue weighted by Crippen LogP contribution is -1.92. The fourth-order valence-electron chi connectivity index (χ4n) is 1.77. The van der Waals surface area contributed by atoms with E-state index in [1.807, 2.05) is 0 Å². The molecule has 0 aliphatic rings. The van der Waals surface area contributed by atoms with E-state index < -0.39 is 0 Å². The molecule has 0 saturated carbocycles. The van der Waals surface area contributed by atoms with E-state index in [1.54, 1.807) is 0 Å². The van der Waals surface area contributed by atoms with E-state index in [1.165, 1.54) is 22.4 Å². The predicted molar refractivity (Wildman–Crippen MR) is 60.3 cm³/mol. The number of aryl methyl sites for hydroxylation is 2. The second-order valence-corrected chi connectivity index (χ2v) is 3.75. The van der Waals surface area contributed by atoms with Crippen molar-refractivity contribution in [2.75, 3.05) is 0 Å². The summed E-state index contributed by atoms with van der Waals surface area (Å²) in [6.45, 7) is 4.33. The maximum Gasteiger partial charge on any atom is 0.0480 e. The number of benzene rings is 1. The standard InChI is InChI=1S/C13H15N/c1-10-6-4-7-12(11(10)2)13-8-5-9-14(13)3/h4-9H,1-3H3. The molecular formula is C13H15N. The first-order valence-electron chi connectivity index (χ1n) is 4.88. The van der Waals surface area contributed by atoms with Crippen LogP contribution in [0.4, 0.5) is 0 Å². The summed E-state index contributed by atoms with van der Waals surface area (Å²) in [5, 5.41) is 0. The quantitative estimate of drug-likeness (QED) is 0.642. The molecule has 0 aliphatic carbocycles. The van der Waals surface area contributed by atoms with Gasteiger partial charge in [-0.2, -0.15) is 0 Å². The summed E-state index contributed by atoms with van der Waals surface area (Å²) < 4.78 is 2.15. The molecule has 0 aliphatic heterocycles. The Bertz CT molecular complexity index is 452. The summed E-state index contributed by atoms with van der Waals surface area (Å²) in [5.74, 6) is 0. The highest BCUT2D eigenvalue weighted by Crippen LogP contribution is 2.24. The number of nitrogens with zero attached hydrogens (tertiary/aromatic N) is 1. The zero-order valence-electron chi connectivity index (χ0n) is 8.91. The molecule has 0 atom stereocenters. The van der Waals surface area contributed by atoms with E-state index >= 15 is 0 Å². The van der Waals surface area contributed by atoms with Gasteiger partial charge in [0.2, 0.25) is 0 Å². The Hall–Kier alpha value is -1.50. The van der Waals surface area contributed by atoms with Crippen molar-refractivity contribution in [2.24, 2.45) is 7.05 Å². The monoisotopic (exact) mass is 185 g/mol. The topological polar surface area (TPSA) is 4.93 Å². The molecule has 72 valence electrons. The van der Waals surface area contributed by atoms with Crippen molar-refractivity contribution in [3.05, 3.63) is 47.7 Å². The van der Waals surface area contributed by atoms with Gasteiger partial charge < -0.3 is 4.57 Å². The Kier molecular flexibility index (Phi) is 2.16. The number of hydrogen-bond acceptors (Lipinski definition) is 0. The molecule has 0 fully saturated rings. The molecule has 0 spiro atoms. The van der Waals surface area contributed by atoms with E-state index in [4.69, 9.17) is 0 Å². The van der Waals surface area contributed by atoms with Gasteiger partial charge in [-0.15, -0.1) is 0 Å². The summed E-state index contributed by atoms with van der Waals surface area (Å²) in [5.41, 5.74) is 5.33. The van der Waals surface area contributed by atoms with Gasteiger partial charge in [-0.05, 0) is 37.1 Å². The molecule has 1 aromatic heterocycles. The molecule has 0 saturated heterocycles. The first kappa shape index (κ1) is 9.07. The molecular weight excluding hydrogens is 170 g/mol. The second-order valence-electron chi connectivity index (χ2n) is 3.75. The first-order chi connectivity index (χ1) is 6.70. The molecule has 0 radical (unpaired) electrons. The largest absolute Gasteiger partial charge is 0.351 e. The van der Waals surface area contributed by atoms with Gasteiger partial charge in [-0.1, -0.05) is 18.2 Å². The van der Waals surface area contributed by atoms with Gasteiger partial charge in [-0.25, -0.2) is 0 Å². The van der Waals surface area contributed by atoms with Crippen molar-refractivity contribution < 1.29 is 0 Å². The average Bonchev–Trinajstić information content (AvgIpc) is 2.57. The van der Waals surface area contributed by atoms with Gasteiger partial charge in [0.1, 0.15) is 0 Å². The fourth-order valence-corrected chi connectivity index (χ4v) is 1.77. The van der Waals surface area contributed by atoms with Crippen LogP contribution in [0.3, 0.4) is 0 Å². The number of hydrogen-bond donors (Lipinski definition) is 0. The van der Waals surface area contributed by atoms with Crippen molar-refractivity contribution in [3.63, 3.8) is 0 Å². The molecule has 0 N–H and O–H groups in total. The fraction of sp³-hybridized carbons (Fsp3) is 0.231. The SMILES string of the molecule is Cc1cccc(-c2cccn2C)c1C. The van der Waals surface area contributed by atoms with Gasteiger partial charge in [-0.3, -0.25) is 0 Å². The maximum absolute atomic E-state index is 2.18. The Morgan fingerprint density at radius 1 is 1.00 bits per heavy atom. The summed E-state index contributed by atoms with van der Waals surface area (Å²) in [7, 11) is 2.08. The van der Waals surface area contributed by atoms with Crippen LogP contribution in [0.5, 0.6) is 0 Å². The molecule has 1 aromatic carbocycles. The van der Waals surface area contributed by atoms with Crippen LogP contribution in [0.15, 0.2) is 36.5 Å². The predicted octanol–water partition coefficient (Wildman–Crippen LogP) is 3.31. The molecule has 0 amide bonds. The van der Waals surface area contributed by atoms with Crippen LogP contribution in [-0.4, -0.2) is 4.57 Å². The lowest BCUT2D eigenvalue weighted by Gasteiger charge is -2.09. The second kappa shape index (κ2) is 3.33. The lowest BCUT2D eigenvalue weighted by atomic mass is 10.0. The molecule has 1 heteroatoms. The Balaban J connectivity index is 2.63. The van der Waals surface area contributed by atoms with Crippen LogP contribution in [0.1, 0.15) is 11.1 Å². The zero-order chi connectivity index (χ0) is 10.1. The van der Waals surface area contributed by atoms with Gasteiger partial charge in [0.25, 0.3) is 0 Å². The number of aromatic nitrogens is 1. The van der Waals surface area contributed by atoms with Crippen LogP contribution in [0, 0.1) is 13.8 Å². The molecule has 1 heterocycles. The van der Waals surface area contributed by atoms with Gasteiger partial charge in [0, 0.05) is 24.5 Å². The molecule has 1 nitrogen and oxygen atoms in total. The van der Waals surface area contributed by atoms with Crippen molar-refractivity contribution in [3.8, 4) is 11.3 Å². The van der Waals surface area contributed by atoms with Gasteiger partial charge in [0.05, 0.1) is 0 Å². The normalized spacial score (nSPS) is 10.5. The smallest absolute Gasteiger partial charge is 0.0480 e. The van der Waals surface area contributed by atoms with E-state index in [2.05, 4.69) is 62.0 Å². The third-order valence-electron chi connectivity index (χ3n) is 2.82. The maximum atomic E-state index is 2.18. The zero-order valence-corrected chi connectivity index (χ0v) is 8.91. The van der Waals surface area contributed by atoms with Crippen LogP contribution in [-0.2, 0) is 7.05 Å². The first-order valence-corrected chi connectivity index (χ1v) is 4.88. The Morgan fingerprint density at radius 3 is 2.43 bits per heavy atom. The highest BCUT2D eigenvalue weighted by atomic mass is 14.9. The molecule has 14 heavy (non-hydrogen) atoms. The summed E-state index contributed by atoms with van der Waals surface area (Å²) in [6, 6.07) is 10.7. The molecule has 0 unspecified atom stereocenters. The highest BCUT2D eigenvalue weighted by Gasteiger charge is 2.05. The van der Waals surface area contributed by atoms with Crippen molar-refractivity contribution in [2.45, 2.75) is 13.8 Å². The summed E-state index contributed by atoms with van der Waals surface area (Å²) >= 11 is 0. The minimum absolute atomic E-state index is 1.28. The van der Waals surface area contributed by atoms with Crippen LogP contribution in [0.2, 0.25) is 0 Å². The number of rotatable bonds is 1. The van der Waals surface area contributed by atoms with E-state index in [0.717, 1.165) is 0 Å². The van der Waals surface area contributed by atoms with E-state index in [0.29, 0.717) is 0 Å². The highest BCUT2D eigenvalue weighted by molar-refractivity contribution is 5.65. The summed E-state index contributed by atoms with van der Waals surface area (Å²) in [4.78, 5) is 0. The van der Waals surface area contributed by atoms with Gasteiger partial charge >= 0.3 is 0 Å². The third kappa shape index (κ3) is 1.35. The van der Waals surface area contributed by atoms with Crippen molar-refractivity contribution in [1.82, 2.24) is 4.57 Å². The Morgan fingerprint density at radius 2 is 1.79 bits per heavy atom. The van der Waals surface area contributed by atoms with E-state index in [-0.39, 0.29) is 0 Å². The minimum Gasteiger partial charge on any atom is -0.351 e. The third-order valence-corrected chi connectivity index (χ3v) is 2.82. The summed E-state index contributed by atoms with van der Waals surface area (Å²) in [6.07, 6.45) is 2.08. The van der Waals surface area contributed by atoms with Crippen LogP contribution < -0.4 is 0 Å². The van der Waals surface area contributed by atoms with E-state index in [9.17, 15) is 0 Å². The molecule has 2 rings (SSSR count). The van der Waals surface area contributed by atoms with Crippen molar-refractivity contribution in [1.29, 1.82) is 0 Å². The molecule has 2 aromatic rings. The molecule has 0 bridgehead atoms. The van der Waals surface area contributed by atoms with Gasteiger partial charge in [0.15, 0.2) is 0 Å². The van der Waals surface area contributed by atoms with Crippen LogP contribution >= 0.6 is 0 Å². The average molecular weight is 185 g/mol. The minimum atomic E-state index is 1.28. The van der Waals surface area contributed by atoms with Crippen LogP contribution in [0.25, 0.3) is 11.3 Å². The lowest BCUT2D eigenvalue weighted by molar-refractivity contribution is 0.935. The van der Waals surface area contributed by atoms with Crippen molar-refractivity contribution >= 4 is 0 Å².